The highest BCUT2D eigenvalue weighted by Crippen LogP contribution is 2.45. The Morgan fingerprint density at radius 3 is 2.65 bits per heavy atom. The van der Waals surface area contributed by atoms with Crippen LogP contribution in [0.5, 0.6) is 5.75 Å². The van der Waals surface area contributed by atoms with Crippen molar-refractivity contribution in [1.82, 2.24) is 10.3 Å². The topological polar surface area (TPSA) is 94.4 Å². The Labute approximate surface area is 192 Å². The van der Waals surface area contributed by atoms with Gasteiger partial charge in [0.1, 0.15) is 14.8 Å². The maximum atomic E-state index is 12.5. The highest BCUT2D eigenvalue weighted by atomic mass is 35.5. The van der Waals surface area contributed by atoms with E-state index in [0.29, 0.717) is 10.5 Å². The summed E-state index contributed by atoms with van der Waals surface area (Å²) in [6.07, 6.45) is 2.71. The molecule has 0 spiro atoms. The molecule has 0 atom stereocenters. The van der Waals surface area contributed by atoms with E-state index >= 15 is 0 Å². The van der Waals surface area contributed by atoms with E-state index in [1.807, 2.05) is 0 Å². The average Bonchev–Trinajstić information content (AvgIpc) is 3.13. The molecule has 7 nitrogen and oxygen atoms in total. The van der Waals surface area contributed by atoms with Crippen LogP contribution >= 0.6 is 46.3 Å². The Kier molecular flexibility index (Phi) is 7.65. The number of benzene rings is 1. The Hall–Kier alpha value is -2.47. The predicted molar refractivity (Wildman–Crippen MR) is 114 cm³/mol. The second-order valence-electron chi connectivity index (χ2n) is 5.78. The maximum absolute atomic E-state index is 12.5. The maximum Gasteiger partial charge on any atom is 0.387 e. The molecule has 0 bridgehead atoms. The normalized spacial score (nSPS) is 10.9. The van der Waals surface area contributed by atoms with E-state index in [0.717, 1.165) is 29.2 Å². The first-order chi connectivity index (χ1) is 14.7. The summed E-state index contributed by atoms with van der Waals surface area (Å²) < 4.78 is 29.2. The molecule has 162 valence electrons. The number of nitro groups is 1. The van der Waals surface area contributed by atoms with Gasteiger partial charge in [-0.25, -0.2) is 0 Å². The number of ether oxygens (including phenoxy) is 1. The lowest BCUT2D eigenvalue weighted by Gasteiger charge is -2.07. The fraction of sp³-hybridized carbons (Fsp3) is 0.111. The van der Waals surface area contributed by atoms with Crippen molar-refractivity contribution in [1.29, 1.82) is 0 Å². The van der Waals surface area contributed by atoms with Crippen molar-refractivity contribution in [3.05, 3.63) is 73.3 Å². The number of hydrogen-bond acceptors (Lipinski definition) is 7. The Morgan fingerprint density at radius 1 is 1.29 bits per heavy atom. The van der Waals surface area contributed by atoms with Gasteiger partial charge in [-0.2, -0.15) is 8.78 Å². The van der Waals surface area contributed by atoms with Gasteiger partial charge in [0, 0.05) is 25.0 Å². The molecule has 0 aliphatic carbocycles. The van der Waals surface area contributed by atoms with Crippen LogP contribution in [0.15, 0.2) is 51.8 Å². The summed E-state index contributed by atoms with van der Waals surface area (Å²) in [5.41, 5.74) is 0.249. The Morgan fingerprint density at radius 2 is 2.00 bits per heavy atom. The molecular weight excluding hydrogens is 495 g/mol. The van der Waals surface area contributed by atoms with Gasteiger partial charge < -0.3 is 10.1 Å². The number of amides is 1. The Bertz CT molecular complexity index is 1110. The van der Waals surface area contributed by atoms with E-state index in [1.165, 1.54) is 30.6 Å². The van der Waals surface area contributed by atoms with Gasteiger partial charge in [-0.1, -0.05) is 47.1 Å². The quantitative estimate of drug-likeness (QED) is 0.296. The standard InChI is InChI=1S/C18H11Cl2F2N3O4S2/c19-11-7-23-8-12(20)15(11)31-17-13(25(27)28)5-14(30-17)16(26)24-6-9-2-1-3-10(4-9)29-18(21)22/h1-5,7-8,18H,6H2,(H,24,26). The lowest BCUT2D eigenvalue weighted by atomic mass is 10.2. The number of thiophene rings is 1. The lowest BCUT2D eigenvalue weighted by molar-refractivity contribution is -0.387. The van der Waals surface area contributed by atoms with Crippen molar-refractivity contribution in [2.24, 2.45) is 0 Å². The first-order valence-corrected chi connectivity index (χ1v) is 10.7. The van der Waals surface area contributed by atoms with Gasteiger partial charge in [0.2, 0.25) is 0 Å². The number of hydrogen-bond donors (Lipinski definition) is 1. The molecule has 1 aromatic carbocycles. The van der Waals surface area contributed by atoms with E-state index in [4.69, 9.17) is 23.2 Å². The molecule has 2 aromatic heterocycles. The molecule has 0 aliphatic heterocycles. The summed E-state index contributed by atoms with van der Waals surface area (Å²) in [6.45, 7) is -2.95. The molecule has 2 heterocycles. The van der Waals surface area contributed by atoms with Crippen molar-refractivity contribution in [2.75, 3.05) is 0 Å². The monoisotopic (exact) mass is 505 g/mol. The van der Waals surface area contributed by atoms with Crippen LogP contribution in [0.2, 0.25) is 10.0 Å². The van der Waals surface area contributed by atoms with E-state index in [-0.39, 0.29) is 37.1 Å². The molecule has 0 fully saturated rings. The summed E-state index contributed by atoms with van der Waals surface area (Å²) in [6, 6.07) is 7.00. The van der Waals surface area contributed by atoms with E-state index in [2.05, 4.69) is 15.0 Å². The van der Waals surface area contributed by atoms with Crippen LogP contribution < -0.4 is 10.1 Å². The molecule has 0 unspecified atom stereocenters. The predicted octanol–water partition coefficient (Wildman–Crippen LogP) is 6.04. The molecule has 1 amide bonds. The molecule has 0 saturated heterocycles. The second-order valence-corrected chi connectivity index (χ2v) is 8.93. The van der Waals surface area contributed by atoms with Crippen molar-refractivity contribution in [2.45, 2.75) is 22.3 Å². The van der Waals surface area contributed by atoms with Gasteiger partial charge in [0.05, 0.1) is 19.9 Å². The number of rotatable bonds is 8. The number of aromatic nitrogens is 1. The number of pyridine rings is 1. The van der Waals surface area contributed by atoms with Crippen LogP contribution in [0.25, 0.3) is 0 Å². The fourth-order valence-corrected chi connectivity index (χ4v) is 5.15. The van der Waals surface area contributed by atoms with E-state index in [1.54, 1.807) is 6.07 Å². The van der Waals surface area contributed by atoms with E-state index < -0.39 is 17.4 Å². The zero-order valence-corrected chi connectivity index (χ0v) is 18.3. The molecular formula is C18H11Cl2F2N3O4S2. The minimum Gasteiger partial charge on any atom is -0.435 e. The number of alkyl halides is 2. The summed E-state index contributed by atoms with van der Waals surface area (Å²) in [7, 11) is 0. The van der Waals surface area contributed by atoms with E-state index in [9.17, 15) is 23.7 Å². The van der Waals surface area contributed by atoms with Crippen molar-refractivity contribution < 1.29 is 23.2 Å². The molecule has 0 radical (unpaired) electrons. The molecule has 1 N–H and O–H groups in total. The third-order valence-electron chi connectivity index (χ3n) is 3.68. The minimum absolute atomic E-state index is 0.00938. The fourth-order valence-electron chi connectivity index (χ4n) is 2.37. The number of nitrogens with one attached hydrogen (secondary N) is 1. The lowest BCUT2D eigenvalue weighted by Crippen LogP contribution is -2.21. The average molecular weight is 506 g/mol. The van der Waals surface area contributed by atoms with Gasteiger partial charge in [0.25, 0.3) is 11.6 Å². The summed E-state index contributed by atoms with van der Waals surface area (Å²) in [4.78, 5) is 27.6. The zero-order chi connectivity index (χ0) is 22.5. The Balaban J connectivity index is 1.76. The number of nitrogens with zero attached hydrogens (tertiary/aromatic N) is 2. The van der Waals surface area contributed by atoms with Crippen molar-refractivity contribution in [3.8, 4) is 5.75 Å². The van der Waals surface area contributed by atoms with Crippen molar-refractivity contribution in [3.63, 3.8) is 0 Å². The molecule has 3 aromatic rings. The molecule has 31 heavy (non-hydrogen) atoms. The van der Waals surface area contributed by atoms with Crippen LogP contribution in [-0.2, 0) is 6.54 Å². The van der Waals surface area contributed by atoms with Crippen LogP contribution in [0, 0.1) is 10.1 Å². The van der Waals surface area contributed by atoms with Gasteiger partial charge in [0.15, 0.2) is 0 Å². The smallest absolute Gasteiger partial charge is 0.387 e. The SMILES string of the molecule is O=C(NCc1cccc(OC(F)F)c1)c1cc([N+](=O)[O-])c(Sc2c(Cl)cncc2Cl)s1. The van der Waals surface area contributed by atoms with Crippen LogP contribution in [0.4, 0.5) is 14.5 Å². The molecule has 3 rings (SSSR count). The first kappa shape index (κ1) is 23.2. The van der Waals surface area contributed by atoms with Crippen molar-refractivity contribution >= 4 is 57.9 Å². The number of carbonyl (C=O) groups is 1. The molecule has 0 aliphatic rings. The minimum atomic E-state index is -2.96. The first-order valence-electron chi connectivity index (χ1n) is 8.31. The zero-order valence-electron chi connectivity index (χ0n) is 15.2. The van der Waals surface area contributed by atoms with Gasteiger partial charge in [-0.15, -0.1) is 11.3 Å². The molecule has 0 saturated carbocycles. The number of halogens is 4. The summed E-state index contributed by atoms with van der Waals surface area (Å²) >= 11 is 14.0. The summed E-state index contributed by atoms with van der Waals surface area (Å²) in [5.74, 6) is -0.606. The van der Waals surface area contributed by atoms with Gasteiger partial charge in [-0.3, -0.25) is 19.9 Å². The highest BCUT2D eigenvalue weighted by Gasteiger charge is 2.25. The van der Waals surface area contributed by atoms with Crippen LogP contribution in [-0.4, -0.2) is 22.4 Å². The van der Waals surface area contributed by atoms with Gasteiger partial charge >= 0.3 is 6.61 Å². The largest absolute Gasteiger partial charge is 0.435 e. The van der Waals surface area contributed by atoms with Gasteiger partial charge in [-0.05, 0) is 17.7 Å². The third-order valence-corrected chi connectivity index (χ3v) is 6.93. The second kappa shape index (κ2) is 10.2. The number of carbonyl (C=O) groups excluding carboxylic acids is 1. The highest BCUT2D eigenvalue weighted by molar-refractivity contribution is 8.01. The summed E-state index contributed by atoms with van der Waals surface area (Å²) in [5, 5.41) is 14.5. The van der Waals surface area contributed by atoms with Crippen LogP contribution in [0.3, 0.4) is 0 Å². The molecule has 13 heteroatoms. The third kappa shape index (κ3) is 6.03. The van der Waals surface area contributed by atoms with Crippen LogP contribution in [0.1, 0.15) is 15.2 Å².